The van der Waals surface area contributed by atoms with Gasteiger partial charge in [-0.2, -0.15) is 0 Å². The maximum Gasteiger partial charge on any atom is 0.293 e. The van der Waals surface area contributed by atoms with Crippen LogP contribution in [0.2, 0.25) is 0 Å². The number of carbonyl (C=O) groups excluding carboxylic acids is 4. The van der Waals surface area contributed by atoms with E-state index in [9.17, 15) is 19.2 Å². The number of amides is 4. The summed E-state index contributed by atoms with van der Waals surface area (Å²) in [6, 6.07) is 15.2. The Labute approximate surface area is 160 Å². The van der Waals surface area contributed by atoms with Gasteiger partial charge in [-0.1, -0.05) is 18.2 Å². The molecule has 3 rings (SSSR count). The highest BCUT2D eigenvalue weighted by molar-refractivity contribution is 8.15. The Hall–Kier alpha value is -3.13. The third kappa shape index (κ3) is 4.53. The Kier molecular flexibility index (Phi) is 5.56. The van der Waals surface area contributed by atoms with Crippen LogP contribution in [-0.4, -0.2) is 28.2 Å². The van der Waals surface area contributed by atoms with E-state index < -0.39 is 11.2 Å². The quantitative estimate of drug-likeness (QED) is 0.826. The lowest BCUT2D eigenvalue weighted by atomic mass is 10.2. The molecule has 0 aliphatic carbocycles. The number of nitrogens with zero attached hydrogens (tertiary/aromatic N) is 1. The topological polar surface area (TPSA) is 95.6 Å². The molecule has 0 radical (unpaired) electrons. The van der Waals surface area contributed by atoms with Crippen molar-refractivity contribution in [1.82, 2.24) is 0 Å². The van der Waals surface area contributed by atoms with Crippen molar-refractivity contribution in [2.75, 3.05) is 15.5 Å². The molecule has 0 bridgehead atoms. The molecule has 138 valence electrons. The molecular formula is C19H17N3O4S. The van der Waals surface area contributed by atoms with Crippen LogP contribution in [0, 0.1) is 0 Å². The number of thioether (sulfide) groups is 1. The number of nitrogens with one attached hydrogen (secondary N) is 2. The summed E-state index contributed by atoms with van der Waals surface area (Å²) in [7, 11) is 0. The monoisotopic (exact) mass is 383 g/mol. The standard InChI is InChI=1S/C19H17N3O4S/c1-12(23)20-13-7-9-14(10-8-13)21-17(24)11-16-18(25)22(19(26)27-16)15-5-3-2-4-6-15/h2-10,16H,11H2,1H3,(H,20,23)(H,21,24). The van der Waals surface area contributed by atoms with Crippen LogP contribution >= 0.6 is 11.8 Å². The summed E-state index contributed by atoms with van der Waals surface area (Å²) >= 11 is 0.854. The molecule has 7 nitrogen and oxygen atoms in total. The van der Waals surface area contributed by atoms with Crippen LogP contribution in [0.3, 0.4) is 0 Å². The first-order chi connectivity index (χ1) is 12.9. The molecule has 0 saturated carbocycles. The number of benzene rings is 2. The summed E-state index contributed by atoms with van der Waals surface area (Å²) in [6.07, 6.45) is -0.105. The van der Waals surface area contributed by atoms with Crippen LogP contribution in [-0.2, 0) is 14.4 Å². The van der Waals surface area contributed by atoms with Crippen LogP contribution in [0.25, 0.3) is 0 Å². The summed E-state index contributed by atoms with van der Waals surface area (Å²) in [5.41, 5.74) is 1.65. The lowest BCUT2D eigenvalue weighted by molar-refractivity contribution is -0.121. The first-order valence-corrected chi connectivity index (χ1v) is 9.09. The molecule has 1 aliphatic rings. The second-order valence-electron chi connectivity index (χ2n) is 5.89. The van der Waals surface area contributed by atoms with Crippen LogP contribution < -0.4 is 15.5 Å². The summed E-state index contributed by atoms with van der Waals surface area (Å²) in [5, 5.41) is 4.19. The fraction of sp³-hybridized carbons (Fsp3) is 0.158. The molecule has 8 heteroatoms. The molecule has 4 amide bonds. The number of carbonyl (C=O) groups is 4. The zero-order chi connectivity index (χ0) is 19.4. The molecule has 2 aromatic carbocycles. The molecule has 27 heavy (non-hydrogen) atoms. The van der Waals surface area contributed by atoms with E-state index in [1.165, 1.54) is 6.92 Å². The maximum absolute atomic E-state index is 12.5. The van der Waals surface area contributed by atoms with Gasteiger partial charge in [-0.25, -0.2) is 4.90 Å². The van der Waals surface area contributed by atoms with Crippen molar-refractivity contribution < 1.29 is 19.2 Å². The summed E-state index contributed by atoms with van der Waals surface area (Å²) in [6.45, 7) is 1.41. The summed E-state index contributed by atoms with van der Waals surface area (Å²) in [4.78, 5) is 49.0. The zero-order valence-corrected chi connectivity index (χ0v) is 15.3. The third-order valence-electron chi connectivity index (χ3n) is 3.80. The average molecular weight is 383 g/mol. The van der Waals surface area contributed by atoms with Gasteiger partial charge in [-0.15, -0.1) is 0 Å². The fourth-order valence-corrected chi connectivity index (χ4v) is 3.60. The molecule has 1 fully saturated rings. The predicted molar refractivity (Wildman–Crippen MR) is 105 cm³/mol. The minimum Gasteiger partial charge on any atom is -0.326 e. The van der Waals surface area contributed by atoms with E-state index in [1.807, 2.05) is 0 Å². The zero-order valence-electron chi connectivity index (χ0n) is 14.5. The van der Waals surface area contributed by atoms with Gasteiger partial charge in [0.1, 0.15) is 5.25 Å². The van der Waals surface area contributed by atoms with E-state index in [-0.39, 0.29) is 23.5 Å². The molecular weight excluding hydrogens is 366 g/mol. The van der Waals surface area contributed by atoms with Crippen molar-refractivity contribution in [1.29, 1.82) is 0 Å². The number of anilines is 3. The van der Waals surface area contributed by atoms with Crippen LogP contribution in [0.5, 0.6) is 0 Å². The van der Waals surface area contributed by atoms with E-state index in [0.29, 0.717) is 17.1 Å². The van der Waals surface area contributed by atoms with E-state index in [1.54, 1.807) is 54.6 Å². The lowest BCUT2D eigenvalue weighted by Crippen LogP contribution is -2.32. The van der Waals surface area contributed by atoms with Crippen LogP contribution in [0.15, 0.2) is 54.6 Å². The smallest absolute Gasteiger partial charge is 0.293 e. The van der Waals surface area contributed by atoms with Gasteiger partial charge >= 0.3 is 0 Å². The minimum atomic E-state index is -0.753. The number of rotatable bonds is 5. The lowest BCUT2D eigenvalue weighted by Gasteiger charge is -2.13. The van der Waals surface area contributed by atoms with Crippen LogP contribution in [0.1, 0.15) is 13.3 Å². The van der Waals surface area contributed by atoms with Gasteiger partial charge in [0, 0.05) is 24.7 Å². The molecule has 0 spiro atoms. The number of hydrogen-bond acceptors (Lipinski definition) is 5. The molecule has 1 heterocycles. The Morgan fingerprint density at radius 2 is 1.56 bits per heavy atom. The highest BCUT2D eigenvalue weighted by Crippen LogP contribution is 2.33. The molecule has 1 aliphatic heterocycles. The average Bonchev–Trinajstić information content (AvgIpc) is 2.90. The van der Waals surface area contributed by atoms with E-state index in [4.69, 9.17) is 0 Å². The van der Waals surface area contributed by atoms with Gasteiger partial charge in [0.05, 0.1) is 5.69 Å². The van der Waals surface area contributed by atoms with Gasteiger partial charge in [-0.3, -0.25) is 19.2 Å². The molecule has 1 atom stereocenters. The second-order valence-corrected chi connectivity index (χ2v) is 7.05. The van der Waals surface area contributed by atoms with E-state index >= 15 is 0 Å². The van der Waals surface area contributed by atoms with Crippen molar-refractivity contribution in [2.24, 2.45) is 0 Å². The molecule has 1 unspecified atom stereocenters. The Morgan fingerprint density at radius 3 is 2.15 bits per heavy atom. The molecule has 2 aromatic rings. The summed E-state index contributed by atoms with van der Waals surface area (Å²) < 4.78 is 0. The first kappa shape index (κ1) is 18.7. The Balaban J connectivity index is 1.60. The Bertz CT molecular complexity index is 884. The van der Waals surface area contributed by atoms with Crippen molar-refractivity contribution in [2.45, 2.75) is 18.6 Å². The van der Waals surface area contributed by atoms with E-state index in [2.05, 4.69) is 10.6 Å². The number of para-hydroxylation sites is 1. The van der Waals surface area contributed by atoms with Crippen LogP contribution in [0.4, 0.5) is 21.9 Å². The van der Waals surface area contributed by atoms with Gasteiger partial charge in [-0.05, 0) is 48.2 Å². The third-order valence-corrected chi connectivity index (χ3v) is 4.83. The number of hydrogen-bond donors (Lipinski definition) is 2. The summed E-state index contributed by atoms with van der Waals surface area (Å²) in [5.74, 6) is -0.945. The molecule has 0 aromatic heterocycles. The Morgan fingerprint density at radius 1 is 0.963 bits per heavy atom. The largest absolute Gasteiger partial charge is 0.326 e. The fourth-order valence-electron chi connectivity index (χ4n) is 2.62. The normalized spacial score (nSPS) is 16.3. The van der Waals surface area contributed by atoms with Crippen molar-refractivity contribution in [3.05, 3.63) is 54.6 Å². The van der Waals surface area contributed by atoms with Gasteiger partial charge in [0.25, 0.3) is 5.24 Å². The molecule has 2 N–H and O–H groups in total. The van der Waals surface area contributed by atoms with Gasteiger partial charge in [0.15, 0.2) is 0 Å². The van der Waals surface area contributed by atoms with Gasteiger partial charge in [0.2, 0.25) is 17.7 Å². The highest BCUT2D eigenvalue weighted by atomic mass is 32.2. The first-order valence-electron chi connectivity index (χ1n) is 8.21. The maximum atomic E-state index is 12.5. The van der Waals surface area contributed by atoms with E-state index in [0.717, 1.165) is 16.7 Å². The predicted octanol–water partition coefficient (Wildman–Crippen LogP) is 3.24. The minimum absolute atomic E-state index is 0.105. The highest BCUT2D eigenvalue weighted by Gasteiger charge is 2.41. The molecule has 1 saturated heterocycles. The van der Waals surface area contributed by atoms with Crippen molar-refractivity contribution >= 4 is 51.8 Å². The number of imide groups is 1. The van der Waals surface area contributed by atoms with Gasteiger partial charge < -0.3 is 10.6 Å². The second kappa shape index (κ2) is 8.05. The SMILES string of the molecule is CC(=O)Nc1ccc(NC(=O)CC2SC(=O)N(c3ccccc3)C2=O)cc1. The van der Waals surface area contributed by atoms with Crippen molar-refractivity contribution in [3.63, 3.8) is 0 Å². The van der Waals surface area contributed by atoms with Crippen molar-refractivity contribution in [3.8, 4) is 0 Å².